The summed E-state index contributed by atoms with van der Waals surface area (Å²) in [5, 5.41) is 72.4. The highest BCUT2D eigenvalue weighted by Gasteiger charge is 2.85. The van der Waals surface area contributed by atoms with Crippen LogP contribution in [0.5, 0.6) is 0 Å². The third kappa shape index (κ3) is 6.64. The molecule has 0 unspecified atom stereocenters. The van der Waals surface area contributed by atoms with Gasteiger partial charge in [-0.05, 0) is 81.1 Å². The minimum Gasteiger partial charge on any atom is -0.458 e. The molecule has 332 valence electrons. The number of hydrogen-bond acceptors (Lipinski definition) is 17. The van der Waals surface area contributed by atoms with Gasteiger partial charge in [0.25, 0.3) is 0 Å². The highest BCUT2D eigenvalue weighted by molar-refractivity contribution is 5.87. The summed E-state index contributed by atoms with van der Waals surface area (Å²) in [6.45, 7) is 5.85. The highest BCUT2D eigenvalue weighted by Crippen LogP contribution is 2.80. The second-order valence-electron chi connectivity index (χ2n) is 19.0. The molecule has 17 nitrogen and oxygen atoms in total. The van der Waals surface area contributed by atoms with Crippen molar-refractivity contribution in [1.82, 2.24) is 0 Å². The van der Waals surface area contributed by atoms with Crippen LogP contribution in [0.25, 0.3) is 0 Å². The Kier molecular flexibility index (Phi) is 11.2. The predicted octanol–water partition coefficient (Wildman–Crippen LogP) is -0.132. The zero-order valence-corrected chi connectivity index (χ0v) is 34.2. The van der Waals surface area contributed by atoms with Crippen LogP contribution in [0.2, 0.25) is 0 Å². The smallest absolute Gasteiger partial charge is 0.331 e. The number of methoxy groups -OCH3 is 1. The van der Waals surface area contributed by atoms with Crippen molar-refractivity contribution in [1.29, 1.82) is 0 Å². The first kappa shape index (κ1) is 42.6. The van der Waals surface area contributed by atoms with E-state index in [1.54, 1.807) is 13.2 Å². The summed E-state index contributed by atoms with van der Waals surface area (Å²) < 4.78 is 54.4. The Bertz CT molecular complexity index is 1660. The predicted molar refractivity (Wildman–Crippen MR) is 200 cm³/mol. The molecule has 4 saturated heterocycles. The van der Waals surface area contributed by atoms with E-state index in [0.29, 0.717) is 24.9 Å². The summed E-state index contributed by atoms with van der Waals surface area (Å²) in [6.07, 6.45) is -5.56. The summed E-state index contributed by atoms with van der Waals surface area (Å²) in [5.41, 5.74) is 1.87. The van der Waals surface area contributed by atoms with Crippen molar-refractivity contribution in [2.24, 2.45) is 22.7 Å². The van der Waals surface area contributed by atoms with E-state index in [1.165, 1.54) is 5.57 Å². The van der Waals surface area contributed by atoms with Crippen molar-refractivity contribution in [2.45, 2.75) is 182 Å². The van der Waals surface area contributed by atoms with Gasteiger partial charge in [0.05, 0.1) is 31.5 Å². The van der Waals surface area contributed by atoms with Crippen LogP contribution in [0.1, 0.15) is 78.6 Å². The molecule has 2 spiro atoms. The molecule has 59 heavy (non-hydrogen) atoms. The summed E-state index contributed by atoms with van der Waals surface area (Å²) >= 11 is 0. The molecule has 3 saturated carbocycles. The maximum Gasteiger partial charge on any atom is 0.331 e. The van der Waals surface area contributed by atoms with Crippen LogP contribution in [-0.2, 0) is 47.4 Å². The van der Waals surface area contributed by atoms with Gasteiger partial charge in [0, 0.05) is 30.6 Å². The van der Waals surface area contributed by atoms with Crippen LogP contribution in [0.4, 0.5) is 0 Å². The van der Waals surface area contributed by atoms with Gasteiger partial charge in [-0.3, -0.25) is 0 Å². The average molecular weight is 839 g/mol. The van der Waals surface area contributed by atoms with E-state index in [0.717, 1.165) is 56.9 Å². The molecule has 5 aliphatic heterocycles. The first-order chi connectivity index (χ1) is 28.1. The molecule has 5 heterocycles. The number of ether oxygens (including phenoxy) is 9. The highest BCUT2D eigenvalue weighted by atomic mass is 16.8. The van der Waals surface area contributed by atoms with E-state index in [2.05, 4.69) is 19.9 Å². The molecule has 0 bridgehead atoms. The Labute approximate surface area is 343 Å². The SMILES string of the molecule is CO[C@@H]1C[C@H](O[C@H]2CC[C@@]3(C)[C@H](CC[C@]45O[C@]46CC=C(C4=CC(=O)OC4)[C@@]6(C)CC[C@@H]35)C2)O[C@@H](C)[C@@H]1O[C@@H]1O[C@H](CO[C@@H]2O[C@H](CO)[C@@H](O)[C@H](O)[C@H]2O)[C@@H](O)[C@H](O)[C@H]1O. The van der Waals surface area contributed by atoms with E-state index in [-0.39, 0.29) is 34.1 Å². The third-order valence-corrected chi connectivity index (χ3v) is 16.2. The summed E-state index contributed by atoms with van der Waals surface area (Å²) in [5.74, 6) is 0.660. The first-order valence-corrected chi connectivity index (χ1v) is 21.5. The fourth-order valence-electron chi connectivity index (χ4n) is 12.9. The number of carbonyl (C=O) groups excluding carboxylic acids is 1. The van der Waals surface area contributed by atoms with Crippen LogP contribution >= 0.6 is 0 Å². The van der Waals surface area contributed by atoms with Gasteiger partial charge in [-0.25, -0.2) is 4.79 Å². The minimum atomic E-state index is -1.69. The lowest BCUT2D eigenvalue weighted by Gasteiger charge is -2.58. The Hall–Kier alpha value is -1.65. The van der Waals surface area contributed by atoms with E-state index >= 15 is 0 Å². The lowest BCUT2D eigenvalue weighted by Crippen LogP contribution is -2.63. The van der Waals surface area contributed by atoms with Crippen LogP contribution in [0.15, 0.2) is 23.3 Å². The first-order valence-electron chi connectivity index (χ1n) is 21.5. The number of aliphatic hydroxyl groups excluding tert-OH is 7. The van der Waals surface area contributed by atoms with Crippen molar-refractivity contribution >= 4 is 5.97 Å². The van der Waals surface area contributed by atoms with Crippen LogP contribution in [0, 0.1) is 22.7 Å². The van der Waals surface area contributed by atoms with Crippen LogP contribution in [-0.4, -0.2) is 172 Å². The summed E-state index contributed by atoms with van der Waals surface area (Å²) in [6, 6.07) is 0. The van der Waals surface area contributed by atoms with E-state index in [1.807, 2.05) is 6.92 Å². The molecule has 9 aliphatic rings. The lowest BCUT2D eigenvalue weighted by atomic mass is 9.44. The Morgan fingerprint density at radius 2 is 1.56 bits per heavy atom. The molecule has 4 aliphatic carbocycles. The molecule has 7 fully saturated rings. The fraction of sp³-hybridized carbons (Fsp3) is 0.881. The molecule has 0 amide bonds. The van der Waals surface area contributed by atoms with Crippen LogP contribution in [0.3, 0.4) is 0 Å². The zero-order chi connectivity index (χ0) is 41.8. The van der Waals surface area contributed by atoms with Crippen molar-refractivity contribution in [2.75, 3.05) is 26.9 Å². The van der Waals surface area contributed by atoms with Gasteiger partial charge in [-0.15, -0.1) is 0 Å². The van der Waals surface area contributed by atoms with Gasteiger partial charge in [0.15, 0.2) is 18.9 Å². The van der Waals surface area contributed by atoms with Crippen molar-refractivity contribution in [3.05, 3.63) is 23.3 Å². The van der Waals surface area contributed by atoms with Gasteiger partial charge >= 0.3 is 5.97 Å². The lowest BCUT2D eigenvalue weighted by molar-refractivity contribution is -0.355. The maximum atomic E-state index is 12.0. The quantitative estimate of drug-likeness (QED) is 0.0861. The number of fused-ring (bicyclic) bond motifs is 2. The Morgan fingerprint density at radius 1 is 0.831 bits per heavy atom. The number of rotatable bonds is 10. The van der Waals surface area contributed by atoms with E-state index in [4.69, 9.17) is 42.6 Å². The van der Waals surface area contributed by atoms with E-state index in [9.17, 15) is 40.5 Å². The Balaban J connectivity index is 0.797. The van der Waals surface area contributed by atoms with Gasteiger partial charge in [-0.2, -0.15) is 0 Å². The van der Waals surface area contributed by atoms with Crippen molar-refractivity contribution < 1.29 is 83.2 Å². The Morgan fingerprint density at radius 3 is 2.27 bits per heavy atom. The molecule has 21 atom stereocenters. The molecule has 17 heteroatoms. The number of hydrogen-bond donors (Lipinski definition) is 7. The van der Waals surface area contributed by atoms with E-state index < -0.39 is 99.2 Å². The monoisotopic (exact) mass is 838 g/mol. The maximum absolute atomic E-state index is 12.0. The largest absolute Gasteiger partial charge is 0.458 e. The number of aliphatic hydroxyl groups is 7. The number of epoxide rings is 1. The molecule has 0 aromatic rings. The van der Waals surface area contributed by atoms with Crippen molar-refractivity contribution in [3.63, 3.8) is 0 Å². The zero-order valence-electron chi connectivity index (χ0n) is 34.2. The van der Waals surface area contributed by atoms with Gasteiger partial charge in [0.1, 0.15) is 72.7 Å². The molecule has 7 N–H and O–H groups in total. The number of esters is 1. The third-order valence-electron chi connectivity index (χ3n) is 16.2. The van der Waals surface area contributed by atoms with Crippen molar-refractivity contribution in [3.8, 4) is 0 Å². The average Bonchev–Trinajstić information content (AvgIpc) is 3.53. The fourth-order valence-corrected chi connectivity index (χ4v) is 12.9. The van der Waals surface area contributed by atoms with Gasteiger partial charge < -0.3 is 78.4 Å². The summed E-state index contributed by atoms with van der Waals surface area (Å²) in [7, 11) is 1.55. The number of carbonyl (C=O) groups is 1. The topological polar surface area (TPSA) is 245 Å². The molecule has 0 aromatic carbocycles. The molecule has 9 rings (SSSR count). The molecule has 0 aromatic heterocycles. The minimum absolute atomic E-state index is 0.00610. The summed E-state index contributed by atoms with van der Waals surface area (Å²) in [4.78, 5) is 12.0. The normalized spacial score (nSPS) is 54.3. The number of cyclic esters (lactones) is 1. The van der Waals surface area contributed by atoms with Gasteiger partial charge in [-0.1, -0.05) is 19.9 Å². The standard InChI is InChI=1S/C42H62O17/c1-19-36(58-38-35(50)33(48)31(46)26(57-38)18-53-37-34(49)32(47)30(45)25(16-43)56-37)24(51-4)15-29(54-19)55-22-6-9-39(2)21(14-22)5-11-41-27(39)8-10-40(3)23(7-12-42(40,41)59-41)20-13-28(44)52-17-20/h7,13,19,21-22,24-27,29-38,43,45-50H,5-6,8-12,14-18H2,1-4H3/t19-,21+,22-,24+,25+,26+,27-,29-,30+,31+,32-,33-,34+,35+,36-,37+,38-,39-,40+,41+,42-/m0/s1. The molecule has 0 radical (unpaired) electrons. The van der Waals surface area contributed by atoms with Crippen LogP contribution < -0.4 is 0 Å². The van der Waals surface area contributed by atoms with Gasteiger partial charge in [0.2, 0.25) is 0 Å². The second kappa shape index (κ2) is 15.6. The second-order valence-corrected chi connectivity index (χ2v) is 19.0. The molecular weight excluding hydrogens is 776 g/mol. The molecular formula is C42H62O17.